The van der Waals surface area contributed by atoms with Crippen LogP contribution in [0.1, 0.15) is 11.1 Å². The Kier molecular flexibility index (Phi) is 6.83. The minimum absolute atomic E-state index is 0.143. The van der Waals surface area contributed by atoms with Gasteiger partial charge in [0.05, 0.1) is 16.5 Å². The SMILES string of the molecule is Cc1cc(C)c(NC(=O)CSc2nnc(-c3ccccc3)c(-c3ccccc3)n2)c(Cl)c1. The maximum absolute atomic E-state index is 12.6. The quantitative estimate of drug-likeness (QED) is 0.346. The van der Waals surface area contributed by atoms with Gasteiger partial charge >= 0.3 is 0 Å². The summed E-state index contributed by atoms with van der Waals surface area (Å²) in [5.74, 6) is -0.0367. The van der Waals surface area contributed by atoms with Gasteiger partial charge in [-0.15, -0.1) is 10.2 Å². The number of hydrogen-bond acceptors (Lipinski definition) is 5. The van der Waals surface area contributed by atoms with E-state index in [9.17, 15) is 4.79 Å². The summed E-state index contributed by atoms with van der Waals surface area (Å²) in [5, 5.41) is 12.6. The molecule has 1 aromatic heterocycles. The average Bonchev–Trinajstić information content (AvgIpc) is 2.81. The van der Waals surface area contributed by atoms with E-state index in [-0.39, 0.29) is 11.7 Å². The second kappa shape index (κ2) is 9.94. The molecule has 0 saturated carbocycles. The molecule has 0 radical (unpaired) electrons. The first-order chi connectivity index (χ1) is 15.5. The number of aryl methyl sites for hydroxylation is 2. The van der Waals surface area contributed by atoms with Gasteiger partial charge in [0, 0.05) is 11.1 Å². The maximum atomic E-state index is 12.6. The van der Waals surface area contributed by atoms with Crippen molar-refractivity contribution >= 4 is 35.0 Å². The lowest BCUT2D eigenvalue weighted by Gasteiger charge is -2.12. The van der Waals surface area contributed by atoms with Gasteiger partial charge in [0.15, 0.2) is 0 Å². The second-order valence-corrected chi connectivity index (χ2v) is 8.65. The standard InChI is InChI=1S/C25H21ClN4OS/c1-16-13-17(2)22(20(26)14-16)27-21(31)15-32-25-28-23(18-9-5-3-6-10-18)24(29-30-25)19-11-7-4-8-12-19/h3-14H,15H2,1-2H3,(H,27,31). The first-order valence-corrected chi connectivity index (χ1v) is 11.4. The summed E-state index contributed by atoms with van der Waals surface area (Å²) < 4.78 is 0. The van der Waals surface area contributed by atoms with E-state index in [1.165, 1.54) is 11.8 Å². The molecule has 0 saturated heterocycles. The molecule has 4 rings (SSSR count). The van der Waals surface area contributed by atoms with Gasteiger partial charge in [0.25, 0.3) is 0 Å². The summed E-state index contributed by atoms with van der Waals surface area (Å²) in [6.07, 6.45) is 0. The number of carbonyl (C=O) groups excluding carboxylic acids is 1. The summed E-state index contributed by atoms with van der Waals surface area (Å²) in [6.45, 7) is 3.89. The van der Waals surface area contributed by atoms with Crippen molar-refractivity contribution in [3.8, 4) is 22.5 Å². The number of thioether (sulfide) groups is 1. The molecule has 1 amide bonds. The predicted molar refractivity (Wildman–Crippen MR) is 131 cm³/mol. The molecule has 4 aromatic rings. The molecule has 0 spiro atoms. The number of nitrogens with one attached hydrogen (secondary N) is 1. The van der Waals surface area contributed by atoms with Crippen LogP contribution in [-0.4, -0.2) is 26.8 Å². The van der Waals surface area contributed by atoms with E-state index in [2.05, 4.69) is 15.5 Å². The molecule has 0 aliphatic carbocycles. The molecule has 0 fully saturated rings. The maximum Gasteiger partial charge on any atom is 0.234 e. The summed E-state index contributed by atoms with van der Waals surface area (Å²) >= 11 is 7.54. The van der Waals surface area contributed by atoms with Gasteiger partial charge in [-0.05, 0) is 31.0 Å². The van der Waals surface area contributed by atoms with Gasteiger partial charge in [-0.3, -0.25) is 4.79 Å². The number of aromatic nitrogens is 3. The lowest BCUT2D eigenvalue weighted by atomic mass is 10.0. The van der Waals surface area contributed by atoms with Crippen molar-refractivity contribution < 1.29 is 4.79 Å². The van der Waals surface area contributed by atoms with Crippen LogP contribution in [-0.2, 0) is 4.79 Å². The fraction of sp³-hybridized carbons (Fsp3) is 0.120. The first-order valence-electron chi connectivity index (χ1n) is 10.1. The molecular weight excluding hydrogens is 440 g/mol. The third-order valence-corrected chi connectivity index (χ3v) is 5.93. The third kappa shape index (κ3) is 5.15. The number of hydrogen-bond donors (Lipinski definition) is 1. The summed E-state index contributed by atoms with van der Waals surface area (Å²) in [7, 11) is 0. The highest BCUT2D eigenvalue weighted by Gasteiger charge is 2.15. The number of amides is 1. The molecule has 0 bridgehead atoms. The average molecular weight is 461 g/mol. The number of halogens is 1. The Morgan fingerprint density at radius 2 is 1.53 bits per heavy atom. The summed E-state index contributed by atoms with van der Waals surface area (Å²) in [5.41, 5.74) is 5.90. The van der Waals surface area contributed by atoms with E-state index < -0.39 is 0 Å². The molecular formula is C25H21ClN4OS. The predicted octanol–water partition coefficient (Wildman–Crippen LogP) is 6.21. The van der Waals surface area contributed by atoms with Crippen LogP contribution in [0, 0.1) is 13.8 Å². The Balaban J connectivity index is 1.55. The van der Waals surface area contributed by atoms with Crippen molar-refractivity contribution in [2.75, 3.05) is 11.1 Å². The minimum Gasteiger partial charge on any atom is -0.324 e. The van der Waals surface area contributed by atoms with Gasteiger partial charge in [-0.1, -0.05) is 90.1 Å². The third-order valence-electron chi connectivity index (χ3n) is 4.79. The van der Waals surface area contributed by atoms with Crippen LogP contribution in [0.25, 0.3) is 22.5 Å². The summed E-state index contributed by atoms with van der Waals surface area (Å²) in [6, 6.07) is 23.5. The second-order valence-electron chi connectivity index (χ2n) is 7.30. The van der Waals surface area contributed by atoms with Gasteiger partial charge in [0.1, 0.15) is 11.4 Å². The Morgan fingerprint density at radius 3 is 2.16 bits per heavy atom. The highest BCUT2D eigenvalue weighted by atomic mass is 35.5. The Labute approximate surface area is 196 Å². The van der Waals surface area contributed by atoms with Crippen LogP contribution in [0.15, 0.2) is 78.0 Å². The largest absolute Gasteiger partial charge is 0.324 e. The monoisotopic (exact) mass is 460 g/mol. The van der Waals surface area contributed by atoms with Gasteiger partial charge in [-0.2, -0.15) is 0 Å². The molecule has 5 nitrogen and oxygen atoms in total. The lowest BCUT2D eigenvalue weighted by Crippen LogP contribution is -2.15. The molecule has 0 atom stereocenters. The molecule has 0 aliphatic rings. The van der Waals surface area contributed by atoms with Gasteiger partial charge in [0.2, 0.25) is 11.1 Å². The molecule has 160 valence electrons. The van der Waals surface area contributed by atoms with Crippen LogP contribution < -0.4 is 5.32 Å². The number of rotatable bonds is 6. The van der Waals surface area contributed by atoms with Crippen LogP contribution in [0.5, 0.6) is 0 Å². The molecule has 7 heteroatoms. The number of nitrogens with zero attached hydrogens (tertiary/aromatic N) is 3. The van der Waals surface area contributed by atoms with Crippen LogP contribution in [0.4, 0.5) is 5.69 Å². The lowest BCUT2D eigenvalue weighted by molar-refractivity contribution is -0.113. The van der Waals surface area contributed by atoms with Crippen molar-refractivity contribution in [1.82, 2.24) is 15.2 Å². The number of carbonyl (C=O) groups is 1. The van der Waals surface area contributed by atoms with Gasteiger partial charge in [-0.25, -0.2) is 4.98 Å². The number of benzene rings is 3. The first kappa shape index (κ1) is 22.0. The van der Waals surface area contributed by atoms with Crippen molar-refractivity contribution in [3.05, 3.63) is 88.9 Å². The van der Waals surface area contributed by atoms with E-state index in [1.807, 2.05) is 86.6 Å². The minimum atomic E-state index is -0.180. The fourth-order valence-electron chi connectivity index (χ4n) is 3.34. The van der Waals surface area contributed by atoms with Crippen LogP contribution in [0.2, 0.25) is 5.02 Å². The fourth-order valence-corrected chi connectivity index (χ4v) is 4.29. The highest BCUT2D eigenvalue weighted by molar-refractivity contribution is 7.99. The normalized spacial score (nSPS) is 10.7. The topological polar surface area (TPSA) is 67.8 Å². The van der Waals surface area contributed by atoms with Crippen LogP contribution >= 0.6 is 23.4 Å². The van der Waals surface area contributed by atoms with Crippen molar-refractivity contribution in [2.24, 2.45) is 0 Å². The molecule has 0 aliphatic heterocycles. The zero-order chi connectivity index (χ0) is 22.5. The zero-order valence-electron chi connectivity index (χ0n) is 17.7. The zero-order valence-corrected chi connectivity index (χ0v) is 19.2. The molecule has 32 heavy (non-hydrogen) atoms. The van der Waals surface area contributed by atoms with Gasteiger partial charge < -0.3 is 5.32 Å². The van der Waals surface area contributed by atoms with Crippen molar-refractivity contribution in [2.45, 2.75) is 19.0 Å². The highest BCUT2D eigenvalue weighted by Crippen LogP contribution is 2.30. The Morgan fingerprint density at radius 1 is 0.906 bits per heavy atom. The molecule has 3 aromatic carbocycles. The van der Waals surface area contributed by atoms with E-state index in [0.717, 1.165) is 27.9 Å². The summed E-state index contributed by atoms with van der Waals surface area (Å²) in [4.78, 5) is 17.3. The van der Waals surface area contributed by atoms with Crippen molar-refractivity contribution in [3.63, 3.8) is 0 Å². The van der Waals surface area contributed by atoms with Crippen LogP contribution in [0.3, 0.4) is 0 Å². The molecule has 1 N–H and O–H groups in total. The van der Waals surface area contributed by atoms with E-state index in [4.69, 9.17) is 16.6 Å². The van der Waals surface area contributed by atoms with E-state index in [1.54, 1.807) is 0 Å². The Bertz CT molecular complexity index is 1230. The molecule has 0 unspecified atom stereocenters. The van der Waals surface area contributed by atoms with E-state index >= 15 is 0 Å². The van der Waals surface area contributed by atoms with Crippen molar-refractivity contribution in [1.29, 1.82) is 0 Å². The smallest absolute Gasteiger partial charge is 0.234 e. The van der Waals surface area contributed by atoms with E-state index in [0.29, 0.717) is 21.6 Å². The Hall–Kier alpha value is -3.22. The number of anilines is 1. The molecule has 1 heterocycles.